The van der Waals surface area contributed by atoms with E-state index in [0.29, 0.717) is 19.1 Å². The number of rotatable bonds is 11. The summed E-state index contributed by atoms with van der Waals surface area (Å²) < 4.78 is 10.2. The van der Waals surface area contributed by atoms with Crippen molar-refractivity contribution >= 4 is 5.97 Å². The second-order valence-electron chi connectivity index (χ2n) is 6.13. The lowest BCUT2D eigenvalue weighted by Crippen LogP contribution is -2.55. The third-order valence-corrected chi connectivity index (χ3v) is 3.89. The molecule has 0 aliphatic carbocycles. The Morgan fingerprint density at radius 1 is 1.29 bits per heavy atom. The highest BCUT2D eigenvalue weighted by Crippen LogP contribution is 2.20. The molecule has 0 saturated carbocycles. The van der Waals surface area contributed by atoms with Crippen molar-refractivity contribution in [1.29, 1.82) is 0 Å². The monoisotopic (exact) mass is 302 g/mol. The number of nitrogens with zero attached hydrogens (tertiary/aromatic N) is 1. The van der Waals surface area contributed by atoms with E-state index in [1.54, 1.807) is 7.11 Å². The Balaban J connectivity index is 4.90. The Morgan fingerprint density at radius 2 is 1.90 bits per heavy atom. The van der Waals surface area contributed by atoms with Gasteiger partial charge in [0.1, 0.15) is 5.54 Å². The zero-order chi connectivity index (χ0) is 16.5. The molecule has 0 aromatic rings. The van der Waals surface area contributed by atoms with Crippen molar-refractivity contribution in [2.75, 3.05) is 33.9 Å². The van der Waals surface area contributed by atoms with Crippen LogP contribution in [0.3, 0.4) is 0 Å². The average molecular weight is 302 g/mol. The Morgan fingerprint density at radius 3 is 2.33 bits per heavy atom. The summed E-state index contributed by atoms with van der Waals surface area (Å²) in [6, 6.07) is 0.664. The molecule has 0 aromatic carbocycles. The first-order chi connectivity index (χ1) is 9.82. The zero-order valence-electron chi connectivity index (χ0n) is 14.9. The summed E-state index contributed by atoms with van der Waals surface area (Å²) in [4.78, 5) is 14.5. The molecular formula is C16H34N2O3. The first-order valence-corrected chi connectivity index (χ1v) is 7.90. The molecule has 0 saturated heterocycles. The molecule has 0 rings (SSSR count). The van der Waals surface area contributed by atoms with E-state index in [2.05, 4.69) is 37.9 Å². The Hall–Kier alpha value is -0.650. The number of carbonyl (C=O) groups excluding carboxylic acids is 1. The summed E-state index contributed by atoms with van der Waals surface area (Å²) in [5.41, 5.74) is -0.648. The Bertz CT molecular complexity index is 297. The van der Waals surface area contributed by atoms with Gasteiger partial charge in [-0.3, -0.25) is 9.69 Å². The molecule has 126 valence electrons. The molecule has 0 fully saturated rings. The van der Waals surface area contributed by atoms with Gasteiger partial charge < -0.3 is 14.8 Å². The standard InChI is InChI=1S/C16H34N2O3/c1-8-9-17-16(5,15(19)21-7)12-14(4)18(13(2)3)10-11-20-6/h13-14,17H,8-12H2,1-7H3. The largest absolute Gasteiger partial charge is 0.468 e. The van der Waals surface area contributed by atoms with Crippen LogP contribution in [0.2, 0.25) is 0 Å². The van der Waals surface area contributed by atoms with Gasteiger partial charge in [-0.1, -0.05) is 6.92 Å². The fourth-order valence-electron chi connectivity index (χ4n) is 2.75. The summed E-state index contributed by atoms with van der Waals surface area (Å²) in [7, 11) is 3.16. The maximum Gasteiger partial charge on any atom is 0.325 e. The maximum absolute atomic E-state index is 12.2. The lowest BCUT2D eigenvalue weighted by molar-refractivity contribution is -0.149. The normalized spacial score (nSPS) is 16.0. The molecular weight excluding hydrogens is 268 g/mol. The van der Waals surface area contributed by atoms with Crippen molar-refractivity contribution in [3.8, 4) is 0 Å². The van der Waals surface area contributed by atoms with E-state index in [9.17, 15) is 4.79 Å². The van der Waals surface area contributed by atoms with Crippen molar-refractivity contribution in [3.63, 3.8) is 0 Å². The van der Waals surface area contributed by atoms with Gasteiger partial charge in [-0.25, -0.2) is 0 Å². The highest BCUT2D eigenvalue weighted by atomic mass is 16.5. The number of nitrogens with one attached hydrogen (secondary N) is 1. The number of hydrogen-bond acceptors (Lipinski definition) is 5. The van der Waals surface area contributed by atoms with Gasteiger partial charge in [0, 0.05) is 25.7 Å². The number of ether oxygens (including phenoxy) is 2. The molecule has 5 heteroatoms. The number of methoxy groups -OCH3 is 2. The van der Waals surface area contributed by atoms with E-state index in [1.165, 1.54) is 7.11 Å². The fraction of sp³-hybridized carbons (Fsp3) is 0.938. The van der Waals surface area contributed by atoms with Crippen LogP contribution in [0, 0.1) is 0 Å². The molecule has 0 heterocycles. The van der Waals surface area contributed by atoms with Crippen LogP contribution in [0.4, 0.5) is 0 Å². The van der Waals surface area contributed by atoms with Crippen molar-refractivity contribution in [1.82, 2.24) is 10.2 Å². The van der Waals surface area contributed by atoms with Gasteiger partial charge in [0.15, 0.2) is 0 Å². The molecule has 21 heavy (non-hydrogen) atoms. The van der Waals surface area contributed by atoms with Crippen LogP contribution in [-0.4, -0.2) is 62.4 Å². The van der Waals surface area contributed by atoms with E-state index in [1.807, 2.05) is 6.92 Å². The molecule has 5 nitrogen and oxygen atoms in total. The number of hydrogen-bond donors (Lipinski definition) is 1. The number of carbonyl (C=O) groups is 1. The highest BCUT2D eigenvalue weighted by molar-refractivity contribution is 5.80. The second kappa shape index (κ2) is 10.1. The molecule has 2 unspecified atom stereocenters. The molecule has 0 spiro atoms. The highest BCUT2D eigenvalue weighted by Gasteiger charge is 2.36. The Labute approximate surface area is 130 Å². The lowest BCUT2D eigenvalue weighted by atomic mass is 9.92. The lowest BCUT2D eigenvalue weighted by Gasteiger charge is -2.38. The predicted octanol–water partition coefficient (Wildman–Crippen LogP) is 2.05. The van der Waals surface area contributed by atoms with Crippen LogP contribution >= 0.6 is 0 Å². The fourth-order valence-corrected chi connectivity index (χ4v) is 2.75. The van der Waals surface area contributed by atoms with Crippen molar-refractivity contribution in [2.45, 2.75) is 65.1 Å². The quantitative estimate of drug-likeness (QED) is 0.592. The first-order valence-electron chi connectivity index (χ1n) is 7.90. The smallest absolute Gasteiger partial charge is 0.325 e. The van der Waals surface area contributed by atoms with Gasteiger partial charge in [0.05, 0.1) is 13.7 Å². The van der Waals surface area contributed by atoms with E-state index in [4.69, 9.17) is 9.47 Å². The molecule has 0 radical (unpaired) electrons. The van der Waals surface area contributed by atoms with Gasteiger partial charge in [-0.15, -0.1) is 0 Å². The minimum atomic E-state index is -0.648. The van der Waals surface area contributed by atoms with E-state index in [0.717, 1.165) is 19.5 Å². The van der Waals surface area contributed by atoms with Gasteiger partial charge in [-0.2, -0.15) is 0 Å². The van der Waals surface area contributed by atoms with Crippen molar-refractivity contribution in [3.05, 3.63) is 0 Å². The zero-order valence-corrected chi connectivity index (χ0v) is 14.9. The van der Waals surface area contributed by atoms with Gasteiger partial charge in [0.2, 0.25) is 0 Å². The summed E-state index contributed by atoms with van der Waals surface area (Å²) in [6.07, 6.45) is 1.69. The third kappa shape index (κ3) is 6.76. The van der Waals surface area contributed by atoms with Gasteiger partial charge >= 0.3 is 5.97 Å². The minimum Gasteiger partial charge on any atom is -0.468 e. The molecule has 0 amide bonds. The van der Waals surface area contributed by atoms with Gasteiger partial charge in [0.25, 0.3) is 0 Å². The van der Waals surface area contributed by atoms with Crippen LogP contribution in [0.1, 0.15) is 47.5 Å². The van der Waals surface area contributed by atoms with Crippen LogP contribution < -0.4 is 5.32 Å². The van der Waals surface area contributed by atoms with E-state index >= 15 is 0 Å². The van der Waals surface area contributed by atoms with Crippen LogP contribution in [-0.2, 0) is 14.3 Å². The molecule has 0 aliphatic rings. The average Bonchev–Trinajstić information content (AvgIpc) is 2.44. The molecule has 0 bridgehead atoms. The minimum absolute atomic E-state index is 0.196. The molecule has 1 N–H and O–H groups in total. The predicted molar refractivity (Wildman–Crippen MR) is 86.5 cm³/mol. The molecule has 0 aromatic heterocycles. The topological polar surface area (TPSA) is 50.8 Å². The van der Waals surface area contributed by atoms with E-state index < -0.39 is 5.54 Å². The van der Waals surface area contributed by atoms with Crippen molar-refractivity contribution < 1.29 is 14.3 Å². The van der Waals surface area contributed by atoms with Crippen LogP contribution in [0.25, 0.3) is 0 Å². The Kier molecular flexibility index (Phi) is 9.83. The first kappa shape index (κ1) is 20.3. The van der Waals surface area contributed by atoms with Crippen molar-refractivity contribution in [2.24, 2.45) is 0 Å². The van der Waals surface area contributed by atoms with Gasteiger partial charge in [-0.05, 0) is 47.1 Å². The summed E-state index contributed by atoms with van der Waals surface area (Å²) >= 11 is 0. The van der Waals surface area contributed by atoms with E-state index in [-0.39, 0.29) is 12.0 Å². The third-order valence-electron chi connectivity index (χ3n) is 3.89. The number of esters is 1. The summed E-state index contributed by atoms with van der Waals surface area (Å²) in [5.74, 6) is -0.196. The maximum atomic E-state index is 12.2. The van der Waals surface area contributed by atoms with Crippen LogP contribution in [0.15, 0.2) is 0 Å². The molecule has 0 aliphatic heterocycles. The second-order valence-corrected chi connectivity index (χ2v) is 6.13. The van der Waals surface area contributed by atoms with Crippen LogP contribution in [0.5, 0.6) is 0 Å². The molecule has 2 atom stereocenters. The SMILES string of the molecule is CCCNC(C)(CC(C)N(CCOC)C(C)C)C(=O)OC. The summed E-state index contributed by atoms with van der Waals surface area (Å²) in [6.45, 7) is 12.9. The summed E-state index contributed by atoms with van der Waals surface area (Å²) in [5, 5.41) is 3.34.